The number of rotatable bonds is 6. The molecule has 1 aliphatic heterocycles. The smallest absolute Gasteiger partial charge is 0.293 e. The van der Waals surface area contributed by atoms with Gasteiger partial charge in [-0.15, -0.1) is 11.3 Å². The lowest BCUT2D eigenvalue weighted by atomic mass is 9.99. The molecule has 1 aromatic carbocycles. The van der Waals surface area contributed by atoms with Crippen molar-refractivity contribution in [3.8, 4) is 11.4 Å². The molecule has 6 rings (SSSR count). The number of aromatic nitrogens is 3. The number of nitrogens with zero attached hydrogens (tertiary/aromatic N) is 5. The standard InChI is InChI=1S/C31H33N7O3S/c1-36-15-16-37(2)30(40)27(36)19-11-13-21(14-12-19)32-28-31(41)38(3)18-23(34-28)22-8-6-10-26(33-22)35-29(39)25-17-20-7-4-5-9-24(20)42-25/h6,8,10-14,17-18,27H,4-5,7,9,15-16H2,1-3H3,(H,32,34)(H,33,35,39). The van der Waals surface area contributed by atoms with E-state index in [1.807, 2.05) is 49.3 Å². The van der Waals surface area contributed by atoms with Crippen molar-refractivity contribution in [1.29, 1.82) is 0 Å². The fourth-order valence-electron chi connectivity index (χ4n) is 5.47. The van der Waals surface area contributed by atoms with Crippen LogP contribution in [-0.4, -0.2) is 63.3 Å². The summed E-state index contributed by atoms with van der Waals surface area (Å²) in [4.78, 5) is 53.7. The van der Waals surface area contributed by atoms with Crippen LogP contribution in [0.25, 0.3) is 11.4 Å². The van der Waals surface area contributed by atoms with Crippen molar-refractivity contribution in [2.45, 2.75) is 31.7 Å². The van der Waals surface area contributed by atoms with Gasteiger partial charge in [-0.25, -0.2) is 9.97 Å². The number of hydrogen-bond donors (Lipinski definition) is 2. The van der Waals surface area contributed by atoms with Crippen LogP contribution in [0.15, 0.2) is 59.5 Å². The zero-order valence-corrected chi connectivity index (χ0v) is 24.7. The number of aryl methyl sites for hydroxylation is 3. The number of hydrogen-bond acceptors (Lipinski definition) is 8. The Labute approximate surface area is 248 Å². The first-order chi connectivity index (χ1) is 20.3. The van der Waals surface area contributed by atoms with E-state index >= 15 is 0 Å². The number of amides is 2. The number of pyridine rings is 1. The highest BCUT2D eigenvalue weighted by Crippen LogP contribution is 2.30. The first-order valence-electron chi connectivity index (χ1n) is 14.1. The van der Waals surface area contributed by atoms with Crippen molar-refractivity contribution in [2.75, 3.05) is 37.8 Å². The van der Waals surface area contributed by atoms with E-state index in [9.17, 15) is 14.4 Å². The molecular weight excluding hydrogens is 550 g/mol. The van der Waals surface area contributed by atoms with Gasteiger partial charge in [0, 0.05) is 43.9 Å². The first kappa shape index (κ1) is 27.8. The fraction of sp³-hybridized carbons (Fsp3) is 0.323. The minimum atomic E-state index is -0.337. The first-order valence-corrected chi connectivity index (χ1v) is 14.9. The van der Waals surface area contributed by atoms with Crippen LogP contribution in [0.3, 0.4) is 0 Å². The predicted octanol–water partition coefficient (Wildman–Crippen LogP) is 4.22. The molecule has 1 fully saturated rings. The van der Waals surface area contributed by atoms with Gasteiger partial charge in [0.25, 0.3) is 11.5 Å². The molecule has 0 radical (unpaired) electrons. The van der Waals surface area contributed by atoms with Crippen LogP contribution in [0.1, 0.15) is 44.6 Å². The van der Waals surface area contributed by atoms with Gasteiger partial charge in [0.2, 0.25) is 5.91 Å². The number of carbonyl (C=O) groups excluding carboxylic acids is 2. The molecule has 1 saturated heterocycles. The van der Waals surface area contributed by atoms with E-state index in [0.29, 0.717) is 34.3 Å². The highest BCUT2D eigenvalue weighted by molar-refractivity contribution is 7.14. The average Bonchev–Trinajstić information content (AvgIpc) is 3.43. The molecule has 0 bridgehead atoms. The number of benzene rings is 1. The highest BCUT2D eigenvalue weighted by Gasteiger charge is 2.31. The van der Waals surface area contributed by atoms with Crippen LogP contribution in [-0.2, 0) is 24.7 Å². The molecule has 42 heavy (non-hydrogen) atoms. The summed E-state index contributed by atoms with van der Waals surface area (Å²) in [7, 11) is 5.43. The number of fused-ring (bicyclic) bond motifs is 1. The van der Waals surface area contributed by atoms with E-state index in [1.54, 1.807) is 47.7 Å². The number of anilines is 3. The zero-order chi connectivity index (χ0) is 29.4. The van der Waals surface area contributed by atoms with Crippen molar-refractivity contribution >= 4 is 40.5 Å². The minimum absolute atomic E-state index is 0.0631. The topological polar surface area (TPSA) is 112 Å². The van der Waals surface area contributed by atoms with Crippen LogP contribution in [0.2, 0.25) is 0 Å². The molecule has 4 heterocycles. The third kappa shape index (κ3) is 5.57. The summed E-state index contributed by atoms with van der Waals surface area (Å²) in [5.74, 6) is 0.449. The van der Waals surface area contributed by atoms with Crippen LogP contribution < -0.4 is 16.2 Å². The Morgan fingerprint density at radius 2 is 1.74 bits per heavy atom. The SMILES string of the molecule is CN1CCN(C)C(c2ccc(Nc3nc(-c4cccc(NC(=O)c5cc6c(s5)CCCC6)n4)cn(C)c3=O)cc2)C1=O. The van der Waals surface area contributed by atoms with Crippen molar-refractivity contribution in [3.63, 3.8) is 0 Å². The fourth-order valence-corrected chi connectivity index (χ4v) is 6.61. The van der Waals surface area contributed by atoms with Crippen LogP contribution in [0.4, 0.5) is 17.3 Å². The molecule has 4 aromatic rings. The molecule has 2 aliphatic rings. The Morgan fingerprint density at radius 3 is 2.52 bits per heavy atom. The van der Waals surface area contributed by atoms with E-state index in [4.69, 9.17) is 0 Å². The number of carbonyl (C=O) groups is 2. The second-order valence-corrected chi connectivity index (χ2v) is 12.0. The molecule has 1 atom stereocenters. The van der Waals surface area contributed by atoms with E-state index in [1.165, 1.54) is 27.8 Å². The monoisotopic (exact) mass is 583 g/mol. The molecule has 1 aliphatic carbocycles. The molecule has 0 saturated carbocycles. The molecule has 11 heteroatoms. The summed E-state index contributed by atoms with van der Waals surface area (Å²) in [6.07, 6.45) is 6.03. The average molecular weight is 584 g/mol. The van der Waals surface area contributed by atoms with Gasteiger partial charge < -0.3 is 20.1 Å². The van der Waals surface area contributed by atoms with E-state index < -0.39 is 0 Å². The summed E-state index contributed by atoms with van der Waals surface area (Å²) < 4.78 is 1.45. The lowest BCUT2D eigenvalue weighted by Crippen LogP contribution is -2.48. The maximum Gasteiger partial charge on any atom is 0.293 e. The molecule has 10 nitrogen and oxygen atoms in total. The van der Waals surface area contributed by atoms with Gasteiger partial charge in [-0.2, -0.15) is 0 Å². The summed E-state index contributed by atoms with van der Waals surface area (Å²) in [6.45, 7) is 1.51. The van der Waals surface area contributed by atoms with Gasteiger partial charge in [0.05, 0.1) is 10.6 Å². The molecule has 2 N–H and O–H groups in total. The Balaban J connectivity index is 1.20. The van der Waals surface area contributed by atoms with Crippen molar-refractivity contribution in [1.82, 2.24) is 24.3 Å². The molecule has 216 valence electrons. The van der Waals surface area contributed by atoms with Crippen molar-refractivity contribution in [3.05, 3.63) is 86.0 Å². The lowest BCUT2D eigenvalue weighted by molar-refractivity contribution is -0.139. The Hall–Kier alpha value is -4.35. The van der Waals surface area contributed by atoms with Gasteiger partial charge >= 0.3 is 0 Å². The van der Waals surface area contributed by atoms with Crippen LogP contribution in [0.5, 0.6) is 0 Å². The summed E-state index contributed by atoms with van der Waals surface area (Å²) >= 11 is 1.56. The number of nitrogens with one attached hydrogen (secondary N) is 2. The van der Waals surface area contributed by atoms with Gasteiger partial charge in [-0.05, 0) is 74.2 Å². The maximum atomic E-state index is 13.0. The maximum absolute atomic E-state index is 13.0. The summed E-state index contributed by atoms with van der Waals surface area (Å²) in [5.41, 5.74) is 3.56. The second-order valence-electron chi connectivity index (χ2n) is 10.9. The van der Waals surface area contributed by atoms with Crippen molar-refractivity contribution in [2.24, 2.45) is 7.05 Å². The van der Waals surface area contributed by atoms with Gasteiger partial charge in [-0.1, -0.05) is 18.2 Å². The molecule has 1 unspecified atom stereocenters. The number of piperazine rings is 1. The van der Waals surface area contributed by atoms with Gasteiger partial charge in [0.15, 0.2) is 5.82 Å². The third-order valence-corrected chi connectivity index (χ3v) is 9.11. The normalized spacial score (nSPS) is 17.2. The molecule has 3 aromatic heterocycles. The van der Waals surface area contributed by atoms with Crippen molar-refractivity contribution < 1.29 is 9.59 Å². The van der Waals surface area contributed by atoms with Gasteiger partial charge in [-0.3, -0.25) is 19.3 Å². The van der Waals surface area contributed by atoms with E-state index in [2.05, 4.69) is 20.6 Å². The Bertz CT molecular complexity index is 1690. The summed E-state index contributed by atoms with van der Waals surface area (Å²) in [6, 6.07) is 14.5. The Kier molecular flexibility index (Phi) is 7.61. The summed E-state index contributed by atoms with van der Waals surface area (Å²) in [5, 5.41) is 6.04. The van der Waals surface area contributed by atoms with Gasteiger partial charge in [0.1, 0.15) is 17.6 Å². The predicted molar refractivity (Wildman–Crippen MR) is 164 cm³/mol. The molecular formula is C31H33N7O3S. The van der Waals surface area contributed by atoms with Crippen LogP contribution >= 0.6 is 11.3 Å². The molecule has 2 amide bonds. The number of likely N-dealkylation sites (N-methyl/N-ethyl adjacent to an activating group) is 2. The Morgan fingerprint density at radius 1 is 0.952 bits per heavy atom. The number of thiophene rings is 1. The highest BCUT2D eigenvalue weighted by atomic mass is 32.1. The zero-order valence-electron chi connectivity index (χ0n) is 23.9. The second kappa shape index (κ2) is 11.5. The van der Waals surface area contributed by atoms with E-state index in [-0.39, 0.29) is 29.2 Å². The lowest BCUT2D eigenvalue weighted by Gasteiger charge is -2.37. The molecule has 0 spiro atoms. The quantitative estimate of drug-likeness (QED) is 0.350. The van der Waals surface area contributed by atoms with E-state index in [0.717, 1.165) is 24.9 Å². The third-order valence-electron chi connectivity index (χ3n) is 7.87. The largest absolute Gasteiger partial charge is 0.343 e. The van der Waals surface area contributed by atoms with Crippen LogP contribution in [0, 0.1) is 0 Å². The minimum Gasteiger partial charge on any atom is -0.343 e.